The predicted molar refractivity (Wildman–Crippen MR) is 118 cm³/mol. The monoisotopic (exact) mass is 494 g/mol. The third-order valence-corrected chi connectivity index (χ3v) is 3.83. The zero-order chi connectivity index (χ0) is 19.4. The van der Waals surface area contributed by atoms with Gasteiger partial charge in [0.2, 0.25) is 5.91 Å². The number of carbonyl (C=O) groups excluding carboxylic acids is 1. The zero-order valence-corrected chi connectivity index (χ0v) is 19.0. The number of hydrogen-bond acceptors (Lipinski definition) is 3. The number of likely N-dealkylation sites (N-methyl/N-ethyl adjacent to an activating group) is 2. The predicted octanol–water partition coefficient (Wildman–Crippen LogP) is 2.98. The van der Waals surface area contributed by atoms with Crippen molar-refractivity contribution in [1.82, 2.24) is 15.1 Å². The summed E-state index contributed by atoms with van der Waals surface area (Å²) in [6.45, 7) is 9.45. The molecule has 0 saturated carbocycles. The number of ether oxygens (including phenoxy) is 1. The standard InChI is InChI=1S/C19H31FN4O2.HI/c1-5-21-19(23(4)15-18(25)24(6-2)7-3)22-13-8-14-26-17-11-9-16(20)10-12-17;/h9-12H,5-8,13-15H2,1-4H3,(H,21,22);1H. The molecular formula is C19H32FIN4O2. The van der Waals surface area contributed by atoms with Crippen LogP contribution in [0.1, 0.15) is 27.2 Å². The van der Waals surface area contributed by atoms with Gasteiger partial charge in [0.05, 0.1) is 13.2 Å². The van der Waals surface area contributed by atoms with E-state index in [1.54, 1.807) is 17.0 Å². The summed E-state index contributed by atoms with van der Waals surface area (Å²) in [6, 6.07) is 5.96. The van der Waals surface area contributed by atoms with Crippen LogP contribution < -0.4 is 10.1 Å². The third kappa shape index (κ3) is 9.78. The SMILES string of the molecule is CCNC(=NCCCOc1ccc(F)cc1)N(C)CC(=O)N(CC)CC.I. The number of carbonyl (C=O) groups is 1. The lowest BCUT2D eigenvalue weighted by Gasteiger charge is -2.25. The molecule has 27 heavy (non-hydrogen) atoms. The first-order valence-electron chi connectivity index (χ1n) is 9.17. The molecule has 1 aromatic carbocycles. The molecule has 1 rings (SSSR count). The molecular weight excluding hydrogens is 462 g/mol. The molecule has 0 aliphatic rings. The molecule has 0 aliphatic carbocycles. The van der Waals surface area contributed by atoms with Crippen LogP contribution in [0.5, 0.6) is 5.75 Å². The quantitative estimate of drug-likeness (QED) is 0.235. The van der Waals surface area contributed by atoms with Crippen molar-refractivity contribution in [3.05, 3.63) is 30.1 Å². The second kappa shape index (κ2) is 14.5. The smallest absolute Gasteiger partial charge is 0.242 e. The molecule has 0 radical (unpaired) electrons. The maximum atomic E-state index is 12.8. The van der Waals surface area contributed by atoms with E-state index in [2.05, 4.69) is 10.3 Å². The van der Waals surface area contributed by atoms with E-state index in [0.29, 0.717) is 44.5 Å². The van der Waals surface area contributed by atoms with Crippen LogP contribution in [0.2, 0.25) is 0 Å². The van der Waals surface area contributed by atoms with Crippen LogP contribution in [-0.4, -0.2) is 68.0 Å². The Labute approximate surface area is 179 Å². The number of aliphatic imine (C=N–C) groups is 1. The molecule has 0 aromatic heterocycles. The van der Waals surface area contributed by atoms with E-state index in [4.69, 9.17) is 4.74 Å². The minimum absolute atomic E-state index is 0. The molecule has 0 aliphatic heterocycles. The Balaban J connectivity index is 0.00000676. The van der Waals surface area contributed by atoms with Crippen LogP contribution in [0.25, 0.3) is 0 Å². The number of nitrogens with one attached hydrogen (secondary N) is 1. The zero-order valence-electron chi connectivity index (χ0n) is 16.7. The summed E-state index contributed by atoms with van der Waals surface area (Å²) in [5.74, 6) is 1.15. The minimum Gasteiger partial charge on any atom is -0.494 e. The second-order valence-corrected chi connectivity index (χ2v) is 5.81. The molecule has 0 spiro atoms. The van der Waals surface area contributed by atoms with Gasteiger partial charge in [-0.3, -0.25) is 9.79 Å². The molecule has 0 atom stereocenters. The van der Waals surface area contributed by atoms with Crippen LogP contribution in [0.15, 0.2) is 29.3 Å². The maximum absolute atomic E-state index is 12.8. The average Bonchev–Trinajstić information content (AvgIpc) is 2.63. The van der Waals surface area contributed by atoms with Crippen molar-refractivity contribution < 1.29 is 13.9 Å². The summed E-state index contributed by atoms with van der Waals surface area (Å²) >= 11 is 0. The fourth-order valence-corrected chi connectivity index (χ4v) is 2.39. The molecule has 1 N–H and O–H groups in total. The molecule has 0 heterocycles. The van der Waals surface area contributed by atoms with Crippen LogP contribution in [0.3, 0.4) is 0 Å². The highest BCUT2D eigenvalue weighted by Crippen LogP contribution is 2.11. The van der Waals surface area contributed by atoms with Crippen molar-refractivity contribution in [2.75, 3.05) is 46.4 Å². The first-order valence-corrected chi connectivity index (χ1v) is 9.17. The number of nitrogens with zero attached hydrogens (tertiary/aromatic N) is 3. The number of rotatable bonds is 10. The Morgan fingerprint density at radius 2 is 1.81 bits per heavy atom. The Hall–Kier alpha value is -1.58. The number of benzene rings is 1. The van der Waals surface area contributed by atoms with Crippen molar-refractivity contribution in [2.24, 2.45) is 4.99 Å². The largest absolute Gasteiger partial charge is 0.494 e. The van der Waals surface area contributed by atoms with Crippen molar-refractivity contribution in [2.45, 2.75) is 27.2 Å². The van der Waals surface area contributed by atoms with E-state index in [9.17, 15) is 9.18 Å². The van der Waals surface area contributed by atoms with E-state index in [-0.39, 0.29) is 35.7 Å². The van der Waals surface area contributed by atoms with E-state index < -0.39 is 0 Å². The minimum atomic E-state index is -0.278. The molecule has 154 valence electrons. The van der Waals surface area contributed by atoms with Crippen molar-refractivity contribution in [1.29, 1.82) is 0 Å². The van der Waals surface area contributed by atoms with Gasteiger partial charge in [-0.2, -0.15) is 0 Å². The van der Waals surface area contributed by atoms with Gasteiger partial charge in [-0.05, 0) is 45.0 Å². The first kappa shape index (κ1) is 25.4. The van der Waals surface area contributed by atoms with E-state index in [1.165, 1.54) is 12.1 Å². The molecule has 0 unspecified atom stereocenters. The number of amides is 1. The van der Waals surface area contributed by atoms with Gasteiger partial charge in [0.15, 0.2) is 5.96 Å². The van der Waals surface area contributed by atoms with Crippen molar-refractivity contribution in [3.8, 4) is 5.75 Å². The van der Waals surface area contributed by atoms with Crippen LogP contribution >= 0.6 is 24.0 Å². The highest BCUT2D eigenvalue weighted by Gasteiger charge is 2.14. The summed E-state index contributed by atoms with van der Waals surface area (Å²) in [7, 11) is 1.86. The Bertz CT molecular complexity index is 565. The molecule has 0 bridgehead atoms. The van der Waals surface area contributed by atoms with Crippen LogP contribution in [0, 0.1) is 5.82 Å². The van der Waals surface area contributed by atoms with Gasteiger partial charge in [0.1, 0.15) is 11.6 Å². The third-order valence-electron chi connectivity index (χ3n) is 3.83. The highest BCUT2D eigenvalue weighted by molar-refractivity contribution is 14.0. The van der Waals surface area contributed by atoms with Crippen molar-refractivity contribution in [3.63, 3.8) is 0 Å². The van der Waals surface area contributed by atoms with Gasteiger partial charge in [0.25, 0.3) is 0 Å². The van der Waals surface area contributed by atoms with Crippen LogP contribution in [-0.2, 0) is 4.79 Å². The second-order valence-electron chi connectivity index (χ2n) is 5.81. The Morgan fingerprint density at radius 1 is 1.19 bits per heavy atom. The molecule has 0 fully saturated rings. The van der Waals surface area contributed by atoms with Gasteiger partial charge >= 0.3 is 0 Å². The lowest BCUT2D eigenvalue weighted by molar-refractivity contribution is -0.131. The van der Waals surface area contributed by atoms with Gasteiger partial charge in [-0.25, -0.2) is 4.39 Å². The Morgan fingerprint density at radius 3 is 2.37 bits per heavy atom. The molecule has 0 saturated heterocycles. The van der Waals surface area contributed by atoms with E-state index >= 15 is 0 Å². The lowest BCUT2D eigenvalue weighted by Crippen LogP contribution is -2.45. The topological polar surface area (TPSA) is 57.2 Å². The normalized spacial score (nSPS) is 10.8. The van der Waals surface area contributed by atoms with Gasteiger partial charge in [0, 0.05) is 39.6 Å². The fraction of sp³-hybridized carbons (Fsp3) is 0.579. The highest BCUT2D eigenvalue weighted by atomic mass is 127. The van der Waals surface area contributed by atoms with Gasteiger partial charge in [-0.15, -0.1) is 24.0 Å². The van der Waals surface area contributed by atoms with Gasteiger partial charge in [-0.1, -0.05) is 0 Å². The van der Waals surface area contributed by atoms with E-state index in [1.807, 2.05) is 32.7 Å². The first-order chi connectivity index (χ1) is 12.5. The number of guanidine groups is 1. The van der Waals surface area contributed by atoms with Crippen molar-refractivity contribution >= 4 is 35.8 Å². The summed E-state index contributed by atoms with van der Waals surface area (Å²) in [4.78, 5) is 20.4. The molecule has 6 nitrogen and oxygen atoms in total. The number of hydrogen-bond donors (Lipinski definition) is 1. The van der Waals surface area contributed by atoms with E-state index in [0.717, 1.165) is 13.0 Å². The molecule has 8 heteroatoms. The molecule has 1 aromatic rings. The lowest BCUT2D eigenvalue weighted by atomic mass is 10.3. The summed E-state index contributed by atoms with van der Waals surface area (Å²) in [6.07, 6.45) is 0.726. The molecule has 1 amide bonds. The summed E-state index contributed by atoms with van der Waals surface area (Å²) in [5.41, 5.74) is 0. The Kier molecular flexibility index (Phi) is 13.6. The number of halogens is 2. The van der Waals surface area contributed by atoms with Crippen LogP contribution in [0.4, 0.5) is 4.39 Å². The summed E-state index contributed by atoms with van der Waals surface area (Å²) < 4.78 is 18.4. The maximum Gasteiger partial charge on any atom is 0.242 e. The van der Waals surface area contributed by atoms with Gasteiger partial charge < -0.3 is 19.9 Å². The summed E-state index contributed by atoms with van der Waals surface area (Å²) in [5, 5.41) is 3.20. The fourth-order valence-electron chi connectivity index (χ4n) is 2.39. The average molecular weight is 494 g/mol.